The molecule has 1 atom stereocenters. The highest BCUT2D eigenvalue weighted by atomic mass is 31.0. The van der Waals surface area contributed by atoms with Crippen molar-refractivity contribution in [3.63, 3.8) is 0 Å². The van der Waals surface area contributed by atoms with Gasteiger partial charge < -0.3 is 0 Å². The second kappa shape index (κ2) is 17.9. The maximum atomic E-state index is 15.4. The van der Waals surface area contributed by atoms with E-state index >= 15 is 35.1 Å². The van der Waals surface area contributed by atoms with Crippen molar-refractivity contribution >= 4 is 37.2 Å². The Kier molecular flexibility index (Phi) is 13.2. The molecule has 22 heteroatoms. The molecule has 0 aromatic heterocycles. The van der Waals surface area contributed by atoms with E-state index in [1.165, 1.54) is 16.7 Å². The maximum absolute atomic E-state index is 15.4. The van der Waals surface area contributed by atoms with Gasteiger partial charge in [0.2, 0.25) is 0 Å². The van der Waals surface area contributed by atoms with Crippen molar-refractivity contribution in [3.05, 3.63) is 224 Å². The van der Waals surface area contributed by atoms with Crippen LogP contribution in [0, 0.1) is 116 Å². The first kappa shape index (κ1) is 48.1. The number of hydrogen-bond donors (Lipinski definition) is 0. The standard InChI is InChI=1S/C24BF20.C19H17P/c26-5-1(6(27)14(35)21(42)13(5)34)25(2-7(28)15(36)22(43)16(37)8(2)29,3-9(30)17(38)23(44)18(39)10(3)31)4-11(32)19(40)24(45)20(41)12(4)33;20-19(16-10-4-1-5-11-16,17-12-6-2-7-13-17)18-14-8-3-9-15-18/h;1-15H,20H2/q-1;/p+1. The minimum atomic E-state index is -7.22. The first-order chi connectivity index (χ1) is 30.5. The first-order valence-electron chi connectivity index (χ1n) is 17.8. The van der Waals surface area contributed by atoms with Gasteiger partial charge >= 0.3 is 0 Å². The third kappa shape index (κ3) is 7.36. The summed E-state index contributed by atoms with van der Waals surface area (Å²) in [6.07, 6.45) is -7.22. The van der Waals surface area contributed by atoms with Crippen LogP contribution in [-0.2, 0) is 5.16 Å². The summed E-state index contributed by atoms with van der Waals surface area (Å²) in [4.78, 5) is 0. The molecule has 0 N–H and O–H groups in total. The van der Waals surface area contributed by atoms with Crippen LogP contribution in [0.25, 0.3) is 0 Å². The lowest BCUT2D eigenvalue weighted by Gasteiger charge is -2.44. The normalized spacial score (nSPS) is 11.8. The zero-order valence-corrected chi connectivity index (χ0v) is 32.9. The molecule has 338 valence electrons. The van der Waals surface area contributed by atoms with Crippen molar-refractivity contribution in [1.29, 1.82) is 0 Å². The fourth-order valence-corrected chi connectivity index (χ4v) is 8.25. The quantitative estimate of drug-likeness (QED) is 0.0373. The lowest BCUT2D eigenvalue weighted by molar-refractivity contribution is 0.378. The van der Waals surface area contributed by atoms with E-state index in [0.717, 1.165) is 0 Å². The molecule has 0 radical (unpaired) electrons. The largest absolute Gasteiger partial charge is 0.207 e. The summed E-state index contributed by atoms with van der Waals surface area (Å²) in [5.74, 6) is -71.4. The van der Waals surface area contributed by atoms with Crippen molar-refractivity contribution in [2.75, 3.05) is 0 Å². The van der Waals surface area contributed by atoms with Crippen molar-refractivity contribution in [2.45, 2.75) is 5.16 Å². The second-order valence-electron chi connectivity index (χ2n) is 13.8. The Morgan fingerprint density at radius 1 is 0.231 bits per heavy atom. The SMILES string of the molecule is Fc1c(F)c(F)c([B-](c2c(F)c(F)c(F)c(F)c2F)(c2c(F)c(F)c(F)c(F)c2F)c2c(F)c(F)c(F)c(F)c2F)c(F)c1F.[PH3+]C(c1ccccc1)(c1ccccc1)c1ccccc1. The van der Waals surface area contributed by atoms with Gasteiger partial charge in [-0.15, -0.1) is 21.9 Å². The lowest BCUT2D eigenvalue weighted by Crippen LogP contribution is -2.81. The van der Waals surface area contributed by atoms with Crippen LogP contribution in [0.4, 0.5) is 87.8 Å². The highest BCUT2D eigenvalue weighted by Crippen LogP contribution is 2.44. The molecule has 0 aliphatic heterocycles. The van der Waals surface area contributed by atoms with Gasteiger partial charge in [0.15, 0.2) is 69.8 Å². The van der Waals surface area contributed by atoms with Gasteiger partial charge in [0.05, 0.1) is 0 Å². The van der Waals surface area contributed by atoms with E-state index in [9.17, 15) is 52.7 Å². The van der Waals surface area contributed by atoms with Gasteiger partial charge in [0.1, 0.15) is 57.8 Å². The zero-order chi connectivity index (χ0) is 48.2. The van der Waals surface area contributed by atoms with Crippen molar-refractivity contribution in [3.8, 4) is 0 Å². The van der Waals surface area contributed by atoms with Gasteiger partial charge in [-0.3, -0.25) is 0 Å². The fraction of sp³-hybridized carbons (Fsp3) is 0.0233. The van der Waals surface area contributed by atoms with Crippen LogP contribution in [0.1, 0.15) is 16.7 Å². The molecule has 0 aliphatic rings. The molecule has 0 saturated heterocycles. The molecule has 0 saturated carbocycles. The molecular weight excluding hydrogens is 938 g/mol. The Balaban J connectivity index is 0.000000289. The Morgan fingerprint density at radius 2 is 0.369 bits per heavy atom. The Hall–Kier alpha value is -6.37. The minimum absolute atomic E-state index is 0.0935. The van der Waals surface area contributed by atoms with Crippen LogP contribution in [-0.4, -0.2) is 6.15 Å². The molecule has 0 bridgehead atoms. The number of rotatable bonds is 7. The van der Waals surface area contributed by atoms with E-state index in [0.29, 0.717) is 0 Å². The maximum Gasteiger partial charge on any atom is 0.200 e. The van der Waals surface area contributed by atoms with Crippen LogP contribution in [0.2, 0.25) is 0 Å². The minimum Gasteiger partial charge on any atom is -0.207 e. The van der Waals surface area contributed by atoms with Gasteiger partial charge in [-0.1, -0.05) is 91.0 Å². The van der Waals surface area contributed by atoms with Gasteiger partial charge in [0, 0.05) is 16.7 Å². The van der Waals surface area contributed by atoms with Crippen molar-refractivity contribution in [2.24, 2.45) is 0 Å². The van der Waals surface area contributed by atoms with Crippen molar-refractivity contribution < 1.29 is 87.8 Å². The summed E-state index contributed by atoms with van der Waals surface area (Å²) in [6, 6.07) is 32.2. The summed E-state index contributed by atoms with van der Waals surface area (Å²) >= 11 is 0. The Morgan fingerprint density at radius 3 is 0.523 bits per heavy atom. The molecule has 0 aliphatic carbocycles. The van der Waals surface area contributed by atoms with Crippen LogP contribution in [0.5, 0.6) is 0 Å². The van der Waals surface area contributed by atoms with Gasteiger partial charge in [-0.2, -0.15) is 0 Å². The summed E-state index contributed by atoms with van der Waals surface area (Å²) in [5.41, 5.74) is -10.3. The first-order valence-corrected chi connectivity index (χ1v) is 18.5. The molecule has 7 aromatic carbocycles. The van der Waals surface area contributed by atoms with E-state index in [4.69, 9.17) is 0 Å². The molecule has 0 heterocycles. The highest BCUT2D eigenvalue weighted by molar-refractivity contribution is 7.20. The summed E-state index contributed by atoms with van der Waals surface area (Å²) in [5, 5.41) is -0.0935. The topological polar surface area (TPSA) is 0 Å². The predicted molar refractivity (Wildman–Crippen MR) is 200 cm³/mol. The van der Waals surface area contributed by atoms with E-state index < -0.39 is 144 Å². The number of benzene rings is 7. The van der Waals surface area contributed by atoms with E-state index in [1.807, 2.05) is 9.24 Å². The smallest absolute Gasteiger partial charge is 0.200 e. The van der Waals surface area contributed by atoms with Gasteiger partial charge in [-0.05, 0) is 9.24 Å². The number of hydrogen-bond acceptors (Lipinski definition) is 0. The fourth-order valence-electron chi connectivity index (χ4n) is 7.54. The van der Waals surface area contributed by atoms with E-state index in [1.54, 1.807) is 0 Å². The molecule has 65 heavy (non-hydrogen) atoms. The Labute approximate surface area is 353 Å². The molecule has 0 nitrogen and oxygen atoms in total. The van der Waals surface area contributed by atoms with Gasteiger partial charge in [-0.25, -0.2) is 87.8 Å². The summed E-state index contributed by atoms with van der Waals surface area (Å²) in [7, 11) is 2.05. The molecule has 7 rings (SSSR count). The molecule has 1 unspecified atom stereocenters. The van der Waals surface area contributed by atoms with Crippen LogP contribution in [0.15, 0.2) is 91.0 Å². The average Bonchev–Trinajstić information content (AvgIpc) is 3.32. The third-order valence-corrected chi connectivity index (χ3v) is 11.7. The molecular formula is C43H18BF20P. The Bertz CT molecular complexity index is 2510. The van der Waals surface area contributed by atoms with Crippen molar-refractivity contribution in [1.82, 2.24) is 0 Å². The van der Waals surface area contributed by atoms with Crippen LogP contribution < -0.4 is 21.9 Å². The molecule has 0 fully saturated rings. The number of halogens is 20. The third-order valence-electron chi connectivity index (χ3n) is 10.5. The summed E-state index contributed by atoms with van der Waals surface area (Å²) in [6.45, 7) is 0. The van der Waals surface area contributed by atoms with E-state index in [2.05, 4.69) is 91.0 Å². The second-order valence-corrected chi connectivity index (χ2v) is 14.9. The lowest BCUT2D eigenvalue weighted by atomic mass is 9.12. The van der Waals surface area contributed by atoms with Gasteiger partial charge in [0.25, 0.3) is 0 Å². The average molecular weight is 956 g/mol. The summed E-state index contributed by atoms with van der Waals surface area (Å²) < 4.78 is 294. The predicted octanol–water partition coefficient (Wildman–Crippen LogP) is 10.4. The van der Waals surface area contributed by atoms with E-state index in [-0.39, 0.29) is 5.16 Å². The van der Waals surface area contributed by atoms with Crippen LogP contribution in [0.3, 0.4) is 0 Å². The zero-order valence-electron chi connectivity index (χ0n) is 31.5. The highest BCUT2D eigenvalue weighted by Gasteiger charge is 2.52. The van der Waals surface area contributed by atoms with Crippen LogP contribution >= 0.6 is 9.24 Å². The molecule has 0 spiro atoms. The molecule has 0 amide bonds. The molecule has 7 aromatic rings. The monoisotopic (exact) mass is 956 g/mol.